The van der Waals surface area contributed by atoms with Crippen molar-refractivity contribution in [2.45, 2.75) is 88.4 Å². The van der Waals surface area contributed by atoms with E-state index in [1.54, 1.807) is 54.6 Å². The van der Waals surface area contributed by atoms with E-state index in [1.165, 1.54) is 22.7 Å². The molecule has 6 heterocycles. The number of carboxylic acids is 1. The summed E-state index contributed by atoms with van der Waals surface area (Å²) >= 11 is 31.2. The van der Waals surface area contributed by atoms with Crippen molar-refractivity contribution in [3.8, 4) is 22.5 Å². The van der Waals surface area contributed by atoms with Crippen LogP contribution < -0.4 is 14.5 Å². The summed E-state index contributed by atoms with van der Waals surface area (Å²) in [6.07, 6.45) is 8.28. The van der Waals surface area contributed by atoms with Crippen molar-refractivity contribution < 1.29 is 41.6 Å². The van der Waals surface area contributed by atoms with E-state index in [0.29, 0.717) is 67.5 Å². The molecule has 2 atom stereocenters. The highest BCUT2D eigenvalue weighted by Gasteiger charge is 2.51. The molecule has 8 aromatic rings. The number of benzene rings is 4. The van der Waals surface area contributed by atoms with Crippen molar-refractivity contribution in [2.75, 3.05) is 48.8 Å². The van der Waals surface area contributed by atoms with Crippen LogP contribution in [0.15, 0.2) is 75.8 Å². The molecule has 410 valence electrons. The van der Waals surface area contributed by atoms with Crippen LogP contribution in [0.2, 0.25) is 20.1 Å². The highest BCUT2D eigenvalue weighted by atomic mass is 35.5. The number of fused-ring (bicyclic) bond motifs is 2. The Morgan fingerprint density at radius 3 is 2.09 bits per heavy atom. The van der Waals surface area contributed by atoms with Crippen LogP contribution in [0.3, 0.4) is 0 Å². The smallest absolute Gasteiger partial charge is 0.335 e. The maximum atomic E-state index is 12.6. The largest absolute Gasteiger partial charge is 0.478 e. The van der Waals surface area contributed by atoms with Gasteiger partial charge >= 0.3 is 5.97 Å². The number of piperidine rings is 1. The number of anilines is 2. The molecular formula is C56H51Cl4N7O9S3. The average molecular weight is 1200 g/mol. The number of nitrogens with one attached hydrogen (secondary N) is 1. The lowest BCUT2D eigenvalue weighted by Gasteiger charge is -2.44. The number of aromatic carboxylic acids is 1. The molecule has 0 bridgehead atoms. The van der Waals surface area contributed by atoms with Crippen LogP contribution in [0.4, 0.5) is 10.3 Å². The van der Waals surface area contributed by atoms with Gasteiger partial charge in [0.1, 0.15) is 22.9 Å². The van der Waals surface area contributed by atoms with Gasteiger partial charge in [0.25, 0.3) is 5.91 Å². The Hall–Kier alpha value is -5.35. The molecule has 1 spiro atoms. The highest BCUT2D eigenvalue weighted by molar-refractivity contribution is 7.89. The fourth-order valence-corrected chi connectivity index (χ4v) is 15.6. The Bertz CT molecular complexity index is 3830. The maximum absolute atomic E-state index is 12.6. The molecule has 3 saturated carbocycles. The van der Waals surface area contributed by atoms with E-state index in [2.05, 4.69) is 20.1 Å². The summed E-state index contributed by atoms with van der Waals surface area (Å²) in [5.74, 6) is 0.403. The summed E-state index contributed by atoms with van der Waals surface area (Å²) in [5, 5.41) is 22.3. The van der Waals surface area contributed by atoms with Crippen molar-refractivity contribution in [3.63, 3.8) is 0 Å². The number of ether oxygens (including phenoxy) is 2. The van der Waals surface area contributed by atoms with E-state index in [1.807, 2.05) is 16.9 Å². The number of amides is 1. The first-order valence-corrected chi connectivity index (χ1v) is 31.2. The fourth-order valence-electron chi connectivity index (χ4n) is 11.8. The van der Waals surface area contributed by atoms with Gasteiger partial charge in [-0.05, 0) is 129 Å². The summed E-state index contributed by atoms with van der Waals surface area (Å²) in [4.78, 5) is 38.3. The van der Waals surface area contributed by atoms with Gasteiger partial charge in [0.2, 0.25) is 10.0 Å². The SMILES string of the molecule is CS(=O)(=O)NC(=O)c1ccc2nc(N3CCC4(CC(OCc5c(-c6c(Cl)cccc6Cl)noc5C5CC5c5ccc(Cl)c(-c6noc(C7CC7)c6COCC6CCN(c7nc8ccc(C(=O)O)cc8s7)CC6)c5Cl)C4)C3)sc2c1. The molecule has 0 radical (unpaired) electrons. The molecule has 5 aliphatic rings. The molecule has 23 heteroatoms. The lowest BCUT2D eigenvalue weighted by molar-refractivity contribution is -0.0796. The van der Waals surface area contributed by atoms with E-state index in [4.69, 9.17) is 74.9 Å². The van der Waals surface area contributed by atoms with Crippen LogP contribution in [0.25, 0.3) is 42.9 Å². The molecule has 1 amide bonds. The third-order valence-corrected chi connectivity index (χ3v) is 20.3. The number of nitrogens with zero attached hydrogens (tertiary/aromatic N) is 6. The number of rotatable bonds is 17. The van der Waals surface area contributed by atoms with Gasteiger partial charge in [-0.1, -0.05) is 91.5 Å². The predicted octanol–water partition coefficient (Wildman–Crippen LogP) is 13.4. The monoisotopic (exact) mass is 1200 g/mol. The third-order valence-electron chi connectivity index (χ3n) is 16.2. The number of hydrogen-bond acceptors (Lipinski definition) is 16. The number of aromatic nitrogens is 4. The average Bonchev–Trinajstić information content (AvgIpc) is 4.20. The van der Waals surface area contributed by atoms with Crippen LogP contribution in [-0.2, 0) is 32.7 Å². The molecule has 4 aromatic heterocycles. The third kappa shape index (κ3) is 10.5. The number of carbonyl (C=O) groups excluding carboxylic acids is 1. The lowest BCUT2D eigenvalue weighted by atomic mass is 9.66. The second-order valence-corrected chi connectivity index (χ2v) is 27.1. The number of thiazole rings is 2. The number of carboxylic acid groups (broad SMARTS) is 1. The van der Waals surface area contributed by atoms with Crippen molar-refractivity contribution in [3.05, 3.63) is 126 Å². The molecular weight excluding hydrogens is 1150 g/mol. The van der Waals surface area contributed by atoms with Crippen LogP contribution in [-0.4, -0.2) is 90.8 Å². The van der Waals surface area contributed by atoms with Gasteiger partial charge in [0.05, 0.1) is 71.7 Å². The van der Waals surface area contributed by atoms with Crippen molar-refractivity contribution in [2.24, 2.45) is 11.3 Å². The maximum Gasteiger partial charge on any atom is 0.335 e. The van der Waals surface area contributed by atoms with Gasteiger partial charge in [0, 0.05) is 72.4 Å². The topological polar surface area (TPSA) is 203 Å². The molecule has 2 unspecified atom stereocenters. The van der Waals surface area contributed by atoms with E-state index < -0.39 is 21.9 Å². The van der Waals surface area contributed by atoms with Gasteiger partial charge in [-0.25, -0.2) is 27.9 Å². The minimum atomic E-state index is -3.70. The Morgan fingerprint density at radius 2 is 1.41 bits per heavy atom. The van der Waals surface area contributed by atoms with Gasteiger partial charge in [-0.2, -0.15) is 0 Å². The van der Waals surface area contributed by atoms with Gasteiger partial charge in [-0.15, -0.1) is 0 Å². The Labute approximate surface area is 482 Å². The summed E-state index contributed by atoms with van der Waals surface area (Å²) in [6, 6.07) is 19.3. The zero-order valence-electron chi connectivity index (χ0n) is 42.5. The van der Waals surface area contributed by atoms with Gasteiger partial charge in [-0.3, -0.25) is 4.79 Å². The first-order valence-electron chi connectivity index (χ1n) is 26.2. The minimum Gasteiger partial charge on any atom is -0.478 e. The molecule has 2 saturated heterocycles. The number of carbonyl (C=O) groups is 2. The first-order chi connectivity index (χ1) is 38.0. The minimum absolute atomic E-state index is 0.00484. The summed E-state index contributed by atoms with van der Waals surface area (Å²) in [5.41, 5.74) is 7.05. The number of sulfonamides is 1. The second kappa shape index (κ2) is 20.9. The Balaban J connectivity index is 0.681. The van der Waals surface area contributed by atoms with Gasteiger partial charge in [0.15, 0.2) is 10.3 Å². The number of hydrogen-bond donors (Lipinski definition) is 2. The van der Waals surface area contributed by atoms with Crippen LogP contribution in [0, 0.1) is 11.3 Å². The Morgan fingerprint density at radius 1 is 0.772 bits per heavy atom. The molecule has 16 nitrogen and oxygen atoms in total. The van der Waals surface area contributed by atoms with E-state index in [-0.39, 0.29) is 47.0 Å². The second-order valence-electron chi connectivity index (χ2n) is 21.7. The molecule has 4 aromatic carbocycles. The highest BCUT2D eigenvalue weighted by Crippen LogP contribution is 2.60. The summed E-state index contributed by atoms with van der Waals surface area (Å²) in [6.45, 7) is 4.41. The molecule has 79 heavy (non-hydrogen) atoms. The fraction of sp³-hybridized carbons (Fsp3) is 0.393. The number of halogens is 4. The van der Waals surface area contributed by atoms with Crippen LogP contribution in [0.1, 0.15) is 118 Å². The van der Waals surface area contributed by atoms with E-state index >= 15 is 0 Å². The first kappa shape index (κ1) is 53.0. The Kier molecular flexibility index (Phi) is 14.0. The zero-order valence-corrected chi connectivity index (χ0v) is 48.0. The molecule has 2 aliphatic heterocycles. The van der Waals surface area contributed by atoms with E-state index in [0.717, 1.165) is 137 Å². The molecule has 2 N–H and O–H groups in total. The van der Waals surface area contributed by atoms with E-state index in [9.17, 15) is 23.1 Å². The molecule has 5 fully saturated rings. The predicted molar refractivity (Wildman–Crippen MR) is 306 cm³/mol. The molecule has 3 aliphatic carbocycles. The van der Waals surface area contributed by atoms with Crippen molar-refractivity contribution >= 4 is 122 Å². The lowest BCUT2D eigenvalue weighted by Crippen LogP contribution is -2.44. The standard InChI is InChI=1S/C56H51Cl4N7O9S3/c1-79(71,72)65-52(68)30-7-11-41-43(19-30)78-55(62-41)67-18-15-56(27-67)22-32(23-56)74-26-37-48(45-38(57)3-2-4-39(45)58)63-76-51(37)35-21-34(35)33-9-10-40(59)46(47(33)60)49-36(50(75-64-49)29-5-6-29)25-73-24-28-13-16-66(17-14-28)54-61-42-12-8-31(53(69)70)20-44(42)77-54/h2-4,7-12,19-20,28-29,32,34-35H,5-6,13-18,21-27H2,1H3,(H,65,68)(H,69,70). The van der Waals surface area contributed by atoms with Gasteiger partial charge < -0.3 is 33.4 Å². The quantitative estimate of drug-likeness (QED) is 0.0870. The van der Waals surface area contributed by atoms with Crippen molar-refractivity contribution in [1.29, 1.82) is 0 Å². The zero-order chi connectivity index (χ0) is 54.5. The summed E-state index contributed by atoms with van der Waals surface area (Å²) < 4.78 is 52.7. The normalized spacial score (nSPS) is 21.4. The van der Waals surface area contributed by atoms with Crippen LogP contribution >= 0.6 is 69.1 Å². The van der Waals surface area contributed by atoms with Crippen LogP contribution in [0.5, 0.6) is 0 Å². The van der Waals surface area contributed by atoms with Crippen molar-refractivity contribution in [1.82, 2.24) is 25.0 Å². The summed E-state index contributed by atoms with van der Waals surface area (Å²) in [7, 11) is -3.70. The molecule has 13 rings (SSSR count).